The van der Waals surface area contributed by atoms with Gasteiger partial charge in [0.15, 0.2) is 0 Å². The first-order chi connectivity index (χ1) is 12.6. The molecule has 0 radical (unpaired) electrons. The molecular formula is C21H20ClN3O. The molecule has 2 aromatic carbocycles. The quantitative estimate of drug-likeness (QED) is 0.693. The van der Waals surface area contributed by atoms with E-state index in [1.807, 2.05) is 60.7 Å². The highest BCUT2D eigenvalue weighted by Gasteiger charge is 2.14. The summed E-state index contributed by atoms with van der Waals surface area (Å²) in [6, 6.07) is 21.2. The minimum Gasteiger partial charge on any atom is -0.381 e. The van der Waals surface area contributed by atoms with Crippen LogP contribution in [0.5, 0.6) is 0 Å². The third-order valence-electron chi connectivity index (χ3n) is 4.03. The summed E-state index contributed by atoms with van der Waals surface area (Å²) in [5.74, 6) is -0.116. The normalized spacial score (nSPS) is 10.4. The van der Waals surface area contributed by atoms with Gasteiger partial charge in [0.2, 0.25) is 0 Å². The first-order valence-corrected chi connectivity index (χ1v) is 8.74. The van der Waals surface area contributed by atoms with Crippen molar-refractivity contribution in [3.8, 4) is 0 Å². The second-order valence-corrected chi connectivity index (χ2v) is 6.43. The molecule has 1 amide bonds. The van der Waals surface area contributed by atoms with Crippen LogP contribution in [-0.4, -0.2) is 22.8 Å². The van der Waals surface area contributed by atoms with Gasteiger partial charge in [0.25, 0.3) is 5.91 Å². The zero-order chi connectivity index (χ0) is 18.4. The molecule has 0 bridgehead atoms. The van der Waals surface area contributed by atoms with Crippen LogP contribution in [0.4, 0.5) is 5.69 Å². The Morgan fingerprint density at radius 3 is 2.58 bits per heavy atom. The standard InChI is InChI=1S/C21H20ClN3O/c1-25(15-16-7-3-2-4-8-16)21(26)20-13-18(11-12-23-20)24-14-17-9-5-6-10-19(17)22/h2-13H,14-15H2,1H3,(H,23,24). The van der Waals surface area contributed by atoms with Gasteiger partial charge in [0, 0.05) is 37.0 Å². The summed E-state index contributed by atoms with van der Waals surface area (Å²) in [6.07, 6.45) is 1.64. The van der Waals surface area contributed by atoms with E-state index in [1.54, 1.807) is 24.2 Å². The first-order valence-electron chi connectivity index (χ1n) is 8.36. The summed E-state index contributed by atoms with van der Waals surface area (Å²) in [6.45, 7) is 1.12. The minimum absolute atomic E-state index is 0.116. The predicted octanol–water partition coefficient (Wildman–Crippen LogP) is 4.62. The molecule has 0 saturated heterocycles. The number of amides is 1. The Hall–Kier alpha value is -2.85. The van der Waals surface area contributed by atoms with Crippen molar-refractivity contribution in [3.63, 3.8) is 0 Å². The molecule has 3 rings (SSSR count). The van der Waals surface area contributed by atoms with Gasteiger partial charge in [-0.15, -0.1) is 0 Å². The number of anilines is 1. The zero-order valence-corrected chi connectivity index (χ0v) is 15.3. The van der Waals surface area contributed by atoms with Crippen LogP contribution in [0.25, 0.3) is 0 Å². The third kappa shape index (κ3) is 4.61. The number of halogens is 1. The second kappa shape index (κ2) is 8.50. The van der Waals surface area contributed by atoms with E-state index in [0.29, 0.717) is 23.8 Å². The summed E-state index contributed by atoms with van der Waals surface area (Å²) < 4.78 is 0. The Morgan fingerprint density at radius 1 is 1.08 bits per heavy atom. The smallest absolute Gasteiger partial charge is 0.272 e. The van der Waals surface area contributed by atoms with E-state index in [0.717, 1.165) is 16.8 Å². The highest BCUT2D eigenvalue weighted by Crippen LogP contribution is 2.17. The average molecular weight is 366 g/mol. The van der Waals surface area contributed by atoms with Crippen molar-refractivity contribution in [2.75, 3.05) is 12.4 Å². The number of hydrogen-bond acceptors (Lipinski definition) is 3. The van der Waals surface area contributed by atoms with Crippen molar-refractivity contribution in [3.05, 3.63) is 94.8 Å². The zero-order valence-electron chi connectivity index (χ0n) is 14.5. The molecule has 4 nitrogen and oxygen atoms in total. The van der Waals surface area contributed by atoms with E-state index < -0.39 is 0 Å². The molecule has 1 aromatic heterocycles. The molecular weight excluding hydrogens is 346 g/mol. The number of benzene rings is 2. The van der Waals surface area contributed by atoms with Crippen LogP contribution in [0.2, 0.25) is 5.02 Å². The van der Waals surface area contributed by atoms with Gasteiger partial charge in [0.05, 0.1) is 0 Å². The monoisotopic (exact) mass is 365 g/mol. The van der Waals surface area contributed by atoms with Crippen molar-refractivity contribution in [1.29, 1.82) is 0 Å². The van der Waals surface area contributed by atoms with Crippen molar-refractivity contribution >= 4 is 23.2 Å². The molecule has 0 fully saturated rings. The number of nitrogens with zero attached hydrogens (tertiary/aromatic N) is 2. The number of nitrogens with one attached hydrogen (secondary N) is 1. The van der Waals surface area contributed by atoms with Gasteiger partial charge < -0.3 is 10.2 Å². The van der Waals surface area contributed by atoms with Crippen LogP contribution in [0.15, 0.2) is 72.9 Å². The molecule has 132 valence electrons. The number of carbonyl (C=O) groups is 1. The fraction of sp³-hybridized carbons (Fsp3) is 0.143. The first kappa shape index (κ1) is 18.0. The highest BCUT2D eigenvalue weighted by atomic mass is 35.5. The molecule has 0 atom stereocenters. The van der Waals surface area contributed by atoms with E-state index in [1.165, 1.54) is 0 Å². The van der Waals surface area contributed by atoms with Gasteiger partial charge in [-0.3, -0.25) is 9.78 Å². The fourth-order valence-corrected chi connectivity index (χ4v) is 2.82. The molecule has 0 unspecified atom stereocenters. The van der Waals surface area contributed by atoms with Crippen LogP contribution in [0, 0.1) is 0 Å². The second-order valence-electron chi connectivity index (χ2n) is 6.02. The number of rotatable bonds is 6. The highest BCUT2D eigenvalue weighted by molar-refractivity contribution is 6.31. The minimum atomic E-state index is -0.116. The summed E-state index contributed by atoms with van der Waals surface area (Å²) in [5, 5.41) is 4.01. The van der Waals surface area contributed by atoms with Gasteiger partial charge in [-0.25, -0.2) is 0 Å². The summed E-state index contributed by atoms with van der Waals surface area (Å²) in [7, 11) is 1.78. The molecule has 0 aliphatic carbocycles. The fourth-order valence-electron chi connectivity index (χ4n) is 2.62. The molecule has 0 aliphatic heterocycles. The van der Waals surface area contributed by atoms with Crippen LogP contribution >= 0.6 is 11.6 Å². The summed E-state index contributed by atoms with van der Waals surface area (Å²) in [5.41, 5.74) is 3.32. The van der Waals surface area contributed by atoms with E-state index in [4.69, 9.17) is 11.6 Å². The lowest BCUT2D eigenvalue weighted by Gasteiger charge is -2.17. The SMILES string of the molecule is CN(Cc1ccccc1)C(=O)c1cc(NCc2ccccc2Cl)ccn1. The predicted molar refractivity (Wildman–Crippen MR) is 105 cm³/mol. The Morgan fingerprint density at radius 2 is 1.81 bits per heavy atom. The number of hydrogen-bond donors (Lipinski definition) is 1. The lowest BCUT2D eigenvalue weighted by molar-refractivity contribution is 0.0779. The van der Waals surface area contributed by atoms with Crippen molar-refractivity contribution in [2.24, 2.45) is 0 Å². The third-order valence-corrected chi connectivity index (χ3v) is 4.40. The summed E-state index contributed by atoms with van der Waals surface area (Å²) >= 11 is 6.18. The molecule has 3 aromatic rings. The van der Waals surface area contributed by atoms with Crippen LogP contribution < -0.4 is 5.32 Å². The van der Waals surface area contributed by atoms with Crippen molar-refractivity contribution < 1.29 is 4.79 Å². The van der Waals surface area contributed by atoms with Gasteiger partial charge in [0.1, 0.15) is 5.69 Å². The molecule has 0 aliphatic rings. The van der Waals surface area contributed by atoms with E-state index >= 15 is 0 Å². The lowest BCUT2D eigenvalue weighted by atomic mass is 10.2. The Bertz CT molecular complexity index is 883. The maximum absolute atomic E-state index is 12.6. The number of aromatic nitrogens is 1. The van der Waals surface area contributed by atoms with Crippen LogP contribution in [0.3, 0.4) is 0 Å². The van der Waals surface area contributed by atoms with Crippen LogP contribution in [-0.2, 0) is 13.1 Å². The van der Waals surface area contributed by atoms with Gasteiger partial charge in [-0.2, -0.15) is 0 Å². The molecule has 5 heteroatoms. The maximum atomic E-state index is 12.6. The molecule has 0 saturated carbocycles. The van der Waals surface area contributed by atoms with Gasteiger partial charge in [-0.05, 0) is 29.3 Å². The van der Waals surface area contributed by atoms with Crippen LogP contribution in [0.1, 0.15) is 21.6 Å². The molecule has 1 N–H and O–H groups in total. The Balaban J connectivity index is 1.66. The number of pyridine rings is 1. The molecule has 26 heavy (non-hydrogen) atoms. The van der Waals surface area contributed by atoms with Gasteiger partial charge >= 0.3 is 0 Å². The lowest BCUT2D eigenvalue weighted by Crippen LogP contribution is -2.27. The van der Waals surface area contributed by atoms with E-state index in [-0.39, 0.29) is 5.91 Å². The van der Waals surface area contributed by atoms with Crippen molar-refractivity contribution in [2.45, 2.75) is 13.1 Å². The maximum Gasteiger partial charge on any atom is 0.272 e. The Labute approximate surface area is 158 Å². The Kier molecular flexibility index (Phi) is 5.87. The van der Waals surface area contributed by atoms with E-state index in [2.05, 4.69) is 10.3 Å². The molecule has 0 spiro atoms. The van der Waals surface area contributed by atoms with Gasteiger partial charge in [-0.1, -0.05) is 60.1 Å². The number of carbonyl (C=O) groups excluding carboxylic acids is 1. The van der Waals surface area contributed by atoms with Crippen molar-refractivity contribution in [1.82, 2.24) is 9.88 Å². The van der Waals surface area contributed by atoms with E-state index in [9.17, 15) is 4.79 Å². The summed E-state index contributed by atoms with van der Waals surface area (Å²) in [4.78, 5) is 18.5. The topological polar surface area (TPSA) is 45.2 Å². The average Bonchev–Trinajstić information content (AvgIpc) is 2.68. The molecule has 1 heterocycles. The largest absolute Gasteiger partial charge is 0.381 e.